The number of benzene rings is 1. The van der Waals surface area contributed by atoms with Gasteiger partial charge in [0.25, 0.3) is 5.91 Å². The van der Waals surface area contributed by atoms with E-state index in [0.29, 0.717) is 12.8 Å². The van der Waals surface area contributed by atoms with Gasteiger partial charge >= 0.3 is 0 Å². The molecule has 0 unspecified atom stereocenters. The fourth-order valence-corrected chi connectivity index (χ4v) is 3.22. The minimum atomic E-state index is -1.23. The molecule has 2 amide bonds. The van der Waals surface area contributed by atoms with Gasteiger partial charge in [-0.05, 0) is 31.4 Å². The van der Waals surface area contributed by atoms with Crippen molar-refractivity contribution in [2.45, 2.75) is 38.0 Å². The summed E-state index contributed by atoms with van der Waals surface area (Å²) in [4.78, 5) is 25.9. The van der Waals surface area contributed by atoms with Gasteiger partial charge in [0.2, 0.25) is 5.91 Å². The molecule has 2 atom stereocenters. The predicted molar refractivity (Wildman–Crippen MR) is 83.7 cm³/mol. The molecule has 0 radical (unpaired) electrons. The molecule has 3 N–H and O–H groups in total. The Kier molecular flexibility index (Phi) is 4.75. The fourth-order valence-electron chi connectivity index (χ4n) is 3.22. The normalized spacial score (nSPS) is 28.6. The zero-order valence-electron chi connectivity index (χ0n) is 13.7. The first-order valence-corrected chi connectivity index (χ1v) is 8.18. The van der Waals surface area contributed by atoms with Crippen molar-refractivity contribution in [3.8, 4) is 0 Å². The molecule has 8 heteroatoms. The van der Waals surface area contributed by atoms with Gasteiger partial charge in [0.05, 0.1) is 23.8 Å². The van der Waals surface area contributed by atoms with Gasteiger partial charge in [-0.15, -0.1) is 0 Å². The van der Waals surface area contributed by atoms with Gasteiger partial charge in [0.15, 0.2) is 11.6 Å². The summed E-state index contributed by atoms with van der Waals surface area (Å²) in [5.41, 5.74) is -0.350. The van der Waals surface area contributed by atoms with Crippen LogP contribution < -0.4 is 5.32 Å². The fraction of sp³-hybridized carbons (Fsp3) is 0.529. The molecule has 1 aliphatic carbocycles. The van der Waals surface area contributed by atoms with E-state index in [4.69, 9.17) is 0 Å². The van der Waals surface area contributed by atoms with Crippen molar-refractivity contribution < 1.29 is 28.6 Å². The van der Waals surface area contributed by atoms with Gasteiger partial charge in [-0.2, -0.15) is 0 Å². The maximum absolute atomic E-state index is 13.9. The third-order valence-electron chi connectivity index (χ3n) is 4.90. The second-order valence-corrected chi connectivity index (χ2v) is 6.77. The van der Waals surface area contributed by atoms with E-state index in [9.17, 15) is 28.6 Å². The molecule has 6 nitrogen and oxygen atoms in total. The standard InChI is InChI=1S/C17H20F2N2O4/c1-8-2-3-11(15(19)14(8)18)16(24)20-12-6-21(7-13(12)23)17(25)9-4-10(22)5-9/h2-3,9-10,12-13,22-23H,4-7H2,1H3,(H,20,24)/t9?,10?,12-,13+/m1/s1. The van der Waals surface area contributed by atoms with Crippen LogP contribution in [0.4, 0.5) is 8.78 Å². The average Bonchev–Trinajstić information content (AvgIpc) is 2.90. The van der Waals surface area contributed by atoms with Crippen LogP contribution in [0.25, 0.3) is 0 Å². The van der Waals surface area contributed by atoms with Crippen molar-refractivity contribution in [1.82, 2.24) is 10.2 Å². The SMILES string of the molecule is Cc1ccc(C(=O)N[C@@H]2CN(C(=O)C3CC(O)C3)C[C@@H]2O)c(F)c1F. The summed E-state index contributed by atoms with van der Waals surface area (Å²) in [6, 6.07) is 1.73. The molecule has 0 spiro atoms. The number of nitrogens with zero attached hydrogens (tertiary/aromatic N) is 1. The zero-order chi connectivity index (χ0) is 18.3. The van der Waals surface area contributed by atoms with Crippen LogP contribution in [-0.4, -0.2) is 58.3 Å². The quantitative estimate of drug-likeness (QED) is 0.731. The summed E-state index contributed by atoms with van der Waals surface area (Å²) >= 11 is 0. The number of nitrogens with one attached hydrogen (secondary N) is 1. The highest BCUT2D eigenvalue weighted by atomic mass is 19.2. The molecule has 2 fully saturated rings. The molecule has 0 aromatic heterocycles. The van der Waals surface area contributed by atoms with Crippen molar-refractivity contribution >= 4 is 11.8 Å². The summed E-state index contributed by atoms with van der Waals surface area (Å²) in [7, 11) is 0. The summed E-state index contributed by atoms with van der Waals surface area (Å²) in [6.45, 7) is 1.54. The summed E-state index contributed by atoms with van der Waals surface area (Å²) in [5.74, 6) is -3.59. The first-order valence-electron chi connectivity index (χ1n) is 8.18. The number of halogens is 2. The smallest absolute Gasteiger partial charge is 0.254 e. The molecule has 3 rings (SSSR count). The average molecular weight is 354 g/mol. The highest BCUT2D eigenvalue weighted by Gasteiger charge is 2.41. The molecule has 1 aromatic rings. The van der Waals surface area contributed by atoms with E-state index in [-0.39, 0.29) is 30.5 Å². The number of β-amino-alcohol motifs (C(OH)–C–C–N with tert-alkyl or cyclic N) is 1. The second kappa shape index (κ2) is 6.68. The molecule has 1 aliphatic heterocycles. The lowest BCUT2D eigenvalue weighted by Crippen LogP contribution is -2.45. The number of amides is 2. The molecule has 1 heterocycles. The third kappa shape index (κ3) is 3.36. The van der Waals surface area contributed by atoms with E-state index in [2.05, 4.69) is 5.32 Å². The van der Waals surface area contributed by atoms with Crippen molar-refractivity contribution in [2.24, 2.45) is 5.92 Å². The largest absolute Gasteiger partial charge is 0.393 e. The minimum Gasteiger partial charge on any atom is -0.393 e. The van der Waals surface area contributed by atoms with Gasteiger partial charge in [-0.25, -0.2) is 8.78 Å². The maximum atomic E-state index is 13.9. The lowest BCUT2D eigenvalue weighted by atomic mass is 9.81. The van der Waals surface area contributed by atoms with Crippen molar-refractivity contribution in [3.05, 3.63) is 34.9 Å². The minimum absolute atomic E-state index is 0.0567. The van der Waals surface area contributed by atoms with Gasteiger partial charge < -0.3 is 20.4 Å². The van der Waals surface area contributed by atoms with Crippen molar-refractivity contribution in [3.63, 3.8) is 0 Å². The summed E-state index contributed by atoms with van der Waals surface area (Å²) < 4.78 is 27.5. The molecule has 136 valence electrons. The molecular weight excluding hydrogens is 334 g/mol. The van der Waals surface area contributed by atoms with Crippen LogP contribution >= 0.6 is 0 Å². The monoisotopic (exact) mass is 354 g/mol. The van der Waals surface area contributed by atoms with Gasteiger partial charge in [-0.1, -0.05) is 6.07 Å². The summed E-state index contributed by atoms with van der Waals surface area (Å²) in [6.07, 6.45) is -0.653. The van der Waals surface area contributed by atoms with Gasteiger partial charge in [0, 0.05) is 19.0 Å². The third-order valence-corrected chi connectivity index (χ3v) is 4.90. The van der Waals surface area contributed by atoms with Crippen LogP contribution in [0, 0.1) is 24.5 Å². The molecule has 1 aromatic carbocycles. The number of carbonyl (C=O) groups excluding carboxylic acids is 2. The first kappa shape index (κ1) is 17.8. The van der Waals surface area contributed by atoms with E-state index in [1.165, 1.54) is 24.0 Å². The van der Waals surface area contributed by atoms with E-state index in [0.717, 1.165) is 0 Å². The summed E-state index contributed by atoms with van der Waals surface area (Å²) in [5, 5.41) is 21.8. The number of carbonyl (C=O) groups is 2. The van der Waals surface area contributed by atoms with E-state index >= 15 is 0 Å². The zero-order valence-corrected chi connectivity index (χ0v) is 13.7. The Balaban J connectivity index is 1.64. The lowest BCUT2D eigenvalue weighted by Gasteiger charge is -2.33. The maximum Gasteiger partial charge on any atom is 0.254 e. The first-order chi connectivity index (χ1) is 11.8. The van der Waals surface area contributed by atoms with Crippen LogP contribution in [0.5, 0.6) is 0 Å². The highest BCUT2D eigenvalue weighted by molar-refractivity contribution is 5.95. The van der Waals surface area contributed by atoms with E-state index < -0.39 is 41.4 Å². The van der Waals surface area contributed by atoms with E-state index in [1.54, 1.807) is 0 Å². The number of likely N-dealkylation sites (tertiary alicyclic amines) is 1. The van der Waals surface area contributed by atoms with Crippen LogP contribution in [0.15, 0.2) is 12.1 Å². The Bertz CT molecular complexity index is 706. The molecule has 1 saturated heterocycles. The number of aryl methyl sites for hydroxylation is 1. The van der Waals surface area contributed by atoms with Crippen LogP contribution in [0.3, 0.4) is 0 Å². The van der Waals surface area contributed by atoms with Gasteiger partial charge in [-0.3, -0.25) is 9.59 Å². The number of aliphatic hydroxyl groups excluding tert-OH is 2. The number of rotatable bonds is 3. The molecular formula is C17H20F2N2O4. The molecule has 0 bridgehead atoms. The lowest BCUT2D eigenvalue weighted by molar-refractivity contribution is -0.141. The van der Waals surface area contributed by atoms with E-state index in [1.807, 2.05) is 0 Å². The number of hydrogen-bond donors (Lipinski definition) is 3. The predicted octanol–water partition coefficient (Wildman–Crippen LogP) is 0.346. The highest BCUT2D eigenvalue weighted by Crippen LogP contribution is 2.30. The molecule has 25 heavy (non-hydrogen) atoms. The van der Waals surface area contributed by atoms with Crippen molar-refractivity contribution in [2.75, 3.05) is 13.1 Å². The Morgan fingerprint density at radius 2 is 1.84 bits per heavy atom. The Labute approximate surface area is 143 Å². The Morgan fingerprint density at radius 3 is 2.48 bits per heavy atom. The Hall–Kier alpha value is -2.06. The Morgan fingerprint density at radius 1 is 1.16 bits per heavy atom. The number of aliphatic hydroxyl groups is 2. The topological polar surface area (TPSA) is 89.9 Å². The van der Waals surface area contributed by atoms with Gasteiger partial charge in [0.1, 0.15) is 0 Å². The van der Waals surface area contributed by atoms with Crippen LogP contribution in [-0.2, 0) is 4.79 Å². The van der Waals surface area contributed by atoms with Crippen LogP contribution in [0.1, 0.15) is 28.8 Å². The molecule has 2 aliphatic rings. The molecule has 1 saturated carbocycles. The van der Waals surface area contributed by atoms with Crippen LogP contribution in [0.2, 0.25) is 0 Å². The second-order valence-electron chi connectivity index (χ2n) is 6.77. The van der Waals surface area contributed by atoms with Crippen molar-refractivity contribution in [1.29, 1.82) is 0 Å². The number of hydrogen-bond acceptors (Lipinski definition) is 4.